The number of hydrogen-bond donors (Lipinski definition) is 0. The quantitative estimate of drug-likeness (QED) is 0.514. The zero-order chi connectivity index (χ0) is 11.4. The minimum atomic E-state index is -0.0431. The van der Waals surface area contributed by atoms with Crippen LogP contribution in [0.2, 0.25) is 0 Å². The monoisotopic (exact) mass is 196 g/mol. The first-order valence-electron chi connectivity index (χ1n) is 5.03. The van der Waals surface area contributed by atoms with Crippen LogP contribution in [-0.2, 0) is 9.59 Å². The van der Waals surface area contributed by atoms with E-state index in [1.807, 2.05) is 13.8 Å². The fraction of sp³-hybridized carbons (Fsp3) is 0.667. The molecular formula is C12H20O2. The predicted molar refractivity (Wildman–Crippen MR) is 59.0 cm³/mol. The third-order valence-electron chi connectivity index (χ3n) is 1.24. The van der Waals surface area contributed by atoms with E-state index in [1.54, 1.807) is 6.92 Å². The summed E-state index contributed by atoms with van der Waals surface area (Å²) in [7, 11) is 0. The highest BCUT2D eigenvalue weighted by atomic mass is 16.1. The normalized spacial score (nSPS) is 7.71. The molecule has 0 bridgehead atoms. The summed E-state index contributed by atoms with van der Waals surface area (Å²) in [4.78, 5) is 20.2. The molecule has 0 aromatic rings. The van der Waals surface area contributed by atoms with Gasteiger partial charge >= 0.3 is 0 Å². The van der Waals surface area contributed by atoms with Gasteiger partial charge in [0.05, 0.1) is 0 Å². The fourth-order valence-electron chi connectivity index (χ4n) is 0.664. The summed E-state index contributed by atoms with van der Waals surface area (Å²) in [5.41, 5.74) is 0. The molecule has 0 atom stereocenters. The summed E-state index contributed by atoms with van der Waals surface area (Å²) in [6.07, 6.45) is 3.58. The van der Waals surface area contributed by atoms with E-state index in [2.05, 4.69) is 11.8 Å². The van der Waals surface area contributed by atoms with Crippen molar-refractivity contribution in [3.05, 3.63) is 0 Å². The molecule has 0 aromatic carbocycles. The van der Waals surface area contributed by atoms with Gasteiger partial charge < -0.3 is 4.79 Å². The van der Waals surface area contributed by atoms with E-state index in [1.165, 1.54) is 6.92 Å². The molecule has 14 heavy (non-hydrogen) atoms. The van der Waals surface area contributed by atoms with Gasteiger partial charge in [-0.2, -0.15) is 0 Å². The van der Waals surface area contributed by atoms with Crippen molar-refractivity contribution in [3.63, 3.8) is 0 Å². The van der Waals surface area contributed by atoms with E-state index >= 15 is 0 Å². The Kier molecular flexibility index (Phi) is 13.1. The third kappa shape index (κ3) is 22.4. The highest BCUT2D eigenvalue weighted by molar-refractivity contribution is 5.93. The lowest BCUT2D eigenvalue weighted by Crippen LogP contribution is -1.84. The highest BCUT2D eigenvalue weighted by Crippen LogP contribution is 1.84. The van der Waals surface area contributed by atoms with E-state index < -0.39 is 0 Å². The molecule has 0 unspecified atom stereocenters. The molecule has 0 aromatic heterocycles. The van der Waals surface area contributed by atoms with Gasteiger partial charge in [0.1, 0.15) is 5.78 Å². The molecule has 0 aliphatic rings. The van der Waals surface area contributed by atoms with Gasteiger partial charge in [-0.3, -0.25) is 4.79 Å². The summed E-state index contributed by atoms with van der Waals surface area (Å²) in [6.45, 7) is 7.13. The van der Waals surface area contributed by atoms with Gasteiger partial charge in [-0.25, -0.2) is 0 Å². The molecule has 0 saturated heterocycles. The van der Waals surface area contributed by atoms with Crippen molar-refractivity contribution in [2.45, 2.75) is 53.4 Å². The molecule has 0 amide bonds. The summed E-state index contributed by atoms with van der Waals surface area (Å²) in [6, 6.07) is 0. The number of carbonyl (C=O) groups is 2. The first-order chi connectivity index (χ1) is 6.54. The summed E-state index contributed by atoms with van der Waals surface area (Å²) >= 11 is 0. The molecule has 2 heteroatoms. The number of carbonyl (C=O) groups excluding carboxylic acids is 2. The van der Waals surface area contributed by atoms with Crippen LogP contribution in [0.15, 0.2) is 0 Å². The number of Topliss-reactive ketones (excluding diaryl/α,β-unsaturated/α-hetero) is 2. The molecule has 0 radical (unpaired) electrons. The average Bonchev–Trinajstić information content (AvgIpc) is 2.05. The highest BCUT2D eigenvalue weighted by Gasteiger charge is 1.83. The number of unbranched alkanes of at least 4 members (excludes halogenated alkanes) is 1. The molecule has 0 rings (SSSR count). The Hall–Kier alpha value is -1.10. The summed E-state index contributed by atoms with van der Waals surface area (Å²) in [5.74, 6) is 5.44. The van der Waals surface area contributed by atoms with Crippen LogP contribution in [0.4, 0.5) is 0 Å². The minimum Gasteiger partial charge on any atom is -0.300 e. The Morgan fingerprint density at radius 1 is 1.07 bits per heavy atom. The van der Waals surface area contributed by atoms with E-state index in [-0.39, 0.29) is 11.6 Å². The van der Waals surface area contributed by atoms with Crippen molar-refractivity contribution in [1.29, 1.82) is 0 Å². The van der Waals surface area contributed by atoms with E-state index in [0.29, 0.717) is 0 Å². The van der Waals surface area contributed by atoms with Gasteiger partial charge in [0.15, 0.2) is 0 Å². The Morgan fingerprint density at radius 3 is 1.86 bits per heavy atom. The van der Waals surface area contributed by atoms with Crippen LogP contribution in [0.5, 0.6) is 0 Å². The molecule has 0 N–H and O–H groups in total. The van der Waals surface area contributed by atoms with Gasteiger partial charge in [-0.15, -0.1) is 0 Å². The first-order valence-corrected chi connectivity index (χ1v) is 5.03. The Morgan fingerprint density at radius 2 is 1.64 bits per heavy atom. The average molecular weight is 196 g/mol. The van der Waals surface area contributed by atoms with Crippen molar-refractivity contribution < 1.29 is 9.59 Å². The van der Waals surface area contributed by atoms with Gasteiger partial charge in [-0.05, 0) is 25.7 Å². The maximum Gasteiger partial charge on any atom is 0.202 e. The second-order valence-corrected chi connectivity index (χ2v) is 3.06. The Balaban J connectivity index is 0. The van der Waals surface area contributed by atoms with Crippen LogP contribution in [0, 0.1) is 11.8 Å². The van der Waals surface area contributed by atoms with Crippen molar-refractivity contribution in [2.75, 3.05) is 0 Å². The maximum absolute atomic E-state index is 10.1. The van der Waals surface area contributed by atoms with Crippen LogP contribution >= 0.6 is 0 Å². The lowest BCUT2D eigenvalue weighted by molar-refractivity contribution is -0.117. The van der Waals surface area contributed by atoms with E-state index in [9.17, 15) is 9.59 Å². The number of hydrogen-bond acceptors (Lipinski definition) is 2. The topological polar surface area (TPSA) is 34.1 Å². The van der Waals surface area contributed by atoms with Crippen molar-refractivity contribution in [1.82, 2.24) is 0 Å². The van der Waals surface area contributed by atoms with Gasteiger partial charge in [0.2, 0.25) is 5.78 Å². The fourth-order valence-corrected chi connectivity index (χ4v) is 0.664. The molecular weight excluding hydrogens is 176 g/mol. The smallest absolute Gasteiger partial charge is 0.202 e. The zero-order valence-electron chi connectivity index (χ0n) is 9.64. The lowest BCUT2D eigenvalue weighted by atomic mass is 10.3. The SMILES string of the molecule is CCCC#CC(C)=O.CCCC(C)=O. The zero-order valence-corrected chi connectivity index (χ0v) is 9.64. The second kappa shape index (κ2) is 11.9. The second-order valence-electron chi connectivity index (χ2n) is 3.06. The van der Waals surface area contributed by atoms with E-state index in [0.717, 1.165) is 25.7 Å². The number of rotatable bonds is 3. The molecule has 0 spiro atoms. The Bertz CT molecular complexity index is 218. The van der Waals surface area contributed by atoms with E-state index in [4.69, 9.17) is 0 Å². The van der Waals surface area contributed by atoms with Crippen molar-refractivity contribution in [3.8, 4) is 11.8 Å². The minimum absolute atomic E-state index is 0.0431. The molecule has 0 aliphatic carbocycles. The van der Waals surface area contributed by atoms with Crippen molar-refractivity contribution in [2.24, 2.45) is 0 Å². The van der Waals surface area contributed by atoms with Crippen LogP contribution in [0.25, 0.3) is 0 Å². The van der Waals surface area contributed by atoms with Crippen LogP contribution in [0.3, 0.4) is 0 Å². The van der Waals surface area contributed by atoms with Crippen molar-refractivity contribution >= 4 is 11.6 Å². The largest absolute Gasteiger partial charge is 0.300 e. The third-order valence-corrected chi connectivity index (χ3v) is 1.24. The first kappa shape index (κ1) is 15.4. The van der Waals surface area contributed by atoms with Gasteiger partial charge in [0.25, 0.3) is 0 Å². The molecule has 80 valence electrons. The molecule has 0 saturated carbocycles. The summed E-state index contributed by atoms with van der Waals surface area (Å²) in [5, 5.41) is 0. The van der Waals surface area contributed by atoms with Gasteiger partial charge in [0, 0.05) is 19.8 Å². The Labute approximate surface area is 87.1 Å². The maximum atomic E-state index is 10.1. The standard InChI is InChI=1S/C7H10O.C5H10O/c1-3-4-5-6-7(2)8;1-3-4-5(2)6/h3-4H2,1-2H3;3-4H2,1-2H3. The molecule has 2 nitrogen and oxygen atoms in total. The van der Waals surface area contributed by atoms with Crippen LogP contribution in [0.1, 0.15) is 53.4 Å². The lowest BCUT2D eigenvalue weighted by Gasteiger charge is -1.80. The van der Waals surface area contributed by atoms with Crippen LogP contribution in [-0.4, -0.2) is 11.6 Å². The molecule has 0 aliphatic heterocycles. The predicted octanol–water partition coefficient (Wildman–Crippen LogP) is 2.75. The molecule has 0 fully saturated rings. The summed E-state index contributed by atoms with van der Waals surface area (Å²) < 4.78 is 0. The molecule has 0 heterocycles. The van der Waals surface area contributed by atoms with Crippen LogP contribution < -0.4 is 0 Å². The number of ketones is 2. The van der Waals surface area contributed by atoms with Gasteiger partial charge in [-0.1, -0.05) is 19.8 Å².